The first-order valence-corrected chi connectivity index (χ1v) is 3.64. The van der Waals surface area contributed by atoms with E-state index in [1.54, 1.807) is 0 Å². The van der Waals surface area contributed by atoms with Crippen LogP contribution in [0.5, 0.6) is 0 Å². The Morgan fingerprint density at radius 2 is 2.42 bits per heavy atom. The summed E-state index contributed by atoms with van der Waals surface area (Å²) in [6.07, 6.45) is -1.70. The molecule has 1 aliphatic heterocycles. The minimum absolute atomic E-state index is 0.258. The van der Waals surface area contributed by atoms with Gasteiger partial charge in [0.05, 0.1) is 12.7 Å². The molecule has 12 heavy (non-hydrogen) atoms. The van der Waals surface area contributed by atoms with Gasteiger partial charge in [0.25, 0.3) is 0 Å². The molecule has 2 amide bonds. The molecular formula is C6H12N2O4. The minimum atomic E-state index is -0.744. The van der Waals surface area contributed by atoms with Crippen LogP contribution in [0.2, 0.25) is 0 Å². The number of nitrogens with two attached hydrogens (primary N) is 1. The summed E-state index contributed by atoms with van der Waals surface area (Å²) in [5.74, 6) is 0. The van der Waals surface area contributed by atoms with E-state index in [0.29, 0.717) is 0 Å². The van der Waals surface area contributed by atoms with E-state index in [9.17, 15) is 9.90 Å². The van der Waals surface area contributed by atoms with E-state index in [2.05, 4.69) is 5.32 Å². The van der Waals surface area contributed by atoms with Crippen molar-refractivity contribution in [3.63, 3.8) is 0 Å². The van der Waals surface area contributed by atoms with Gasteiger partial charge in [-0.1, -0.05) is 0 Å². The van der Waals surface area contributed by atoms with E-state index in [4.69, 9.17) is 15.6 Å². The molecule has 6 heteroatoms. The lowest BCUT2D eigenvalue weighted by molar-refractivity contribution is -0.0270. The molecule has 0 aromatic carbocycles. The highest BCUT2D eigenvalue weighted by molar-refractivity contribution is 5.71. The second kappa shape index (κ2) is 3.70. The molecule has 1 unspecified atom stereocenters. The Labute approximate surface area is 69.3 Å². The first kappa shape index (κ1) is 9.24. The predicted octanol–water partition coefficient (Wildman–Crippen LogP) is -1.88. The number of aliphatic hydroxyl groups excluding tert-OH is 2. The van der Waals surface area contributed by atoms with Gasteiger partial charge in [-0.3, -0.25) is 0 Å². The van der Waals surface area contributed by atoms with Crippen LogP contribution >= 0.6 is 0 Å². The van der Waals surface area contributed by atoms with E-state index in [-0.39, 0.29) is 13.0 Å². The van der Waals surface area contributed by atoms with Crippen molar-refractivity contribution in [2.24, 2.45) is 5.73 Å². The van der Waals surface area contributed by atoms with Crippen LogP contribution in [0.15, 0.2) is 0 Å². The monoisotopic (exact) mass is 176 g/mol. The summed E-state index contributed by atoms with van der Waals surface area (Å²) in [6, 6.07) is -0.703. The Bertz CT molecular complexity index is 175. The van der Waals surface area contributed by atoms with E-state index >= 15 is 0 Å². The molecule has 3 atom stereocenters. The zero-order chi connectivity index (χ0) is 9.14. The maximum atomic E-state index is 10.3. The third-order valence-corrected chi connectivity index (χ3v) is 1.71. The number of aliphatic hydroxyl groups is 2. The van der Waals surface area contributed by atoms with Gasteiger partial charge in [-0.05, 0) is 0 Å². The van der Waals surface area contributed by atoms with Crippen molar-refractivity contribution in [2.45, 2.75) is 24.9 Å². The van der Waals surface area contributed by atoms with Crippen LogP contribution < -0.4 is 11.1 Å². The number of ether oxygens (including phenoxy) is 1. The summed E-state index contributed by atoms with van der Waals surface area (Å²) >= 11 is 0. The molecule has 1 saturated heterocycles. The Kier molecular flexibility index (Phi) is 2.85. The molecule has 0 saturated carbocycles. The van der Waals surface area contributed by atoms with Gasteiger partial charge in [-0.25, -0.2) is 4.79 Å². The van der Waals surface area contributed by atoms with Crippen LogP contribution in [0.4, 0.5) is 4.79 Å². The van der Waals surface area contributed by atoms with Crippen molar-refractivity contribution in [1.82, 2.24) is 5.32 Å². The molecule has 70 valence electrons. The minimum Gasteiger partial charge on any atom is -0.394 e. The zero-order valence-corrected chi connectivity index (χ0v) is 6.43. The largest absolute Gasteiger partial charge is 0.394 e. The zero-order valence-electron chi connectivity index (χ0n) is 6.43. The second-order valence-electron chi connectivity index (χ2n) is 2.66. The van der Waals surface area contributed by atoms with Crippen molar-refractivity contribution in [2.75, 3.05) is 6.61 Å². The number of primary amides is 1. The summed E-state index contributed by atoms with van der Waals surface area (Å²) in [5.41, 5.74) is 4.83. The number of carbonyl (C=O) groups excluding carboxylic acids is 1. The number of rotatable bonds is 2. The predicted molar refractivity (Wildman–Crippen MR) is 39.1 cm³/mol. The molecule has 0 aromatic rings. The first-order chi connectivity index (χ1) is 5.63. The van der Waals surface area contributed by atoms with E-state index in [1.165, 1.54) is 0 Å². The molecule has 0 spiro atoms. The molecule has 1 rings (SSSR count). The maximum Gasteiger partial charge on any atom is 0.314 e. The molecule has 0 aliphatic carbocycles. The Morgan fingerprint density at radius 1 is 1.75 bits per heavy atom. The summed E-state index contributed by atoms with van der Waals surface area (Å²) in [7, 11) is 0. The summed E-state index contributed by atoms with van der Waals surface area (Å²) in [4.78, 5) is 10.3. The highest BCUT2D eigenvalue weighted by atomic mass is 16.5. The number of carbonyl (C=O) groups is 1. The topological polar surface area (TPSA) is 105 Å². The highest BCUT2D eigenvalue weighted by Gasteiger charge is 2.33. The average Bonchev–Trinajstić information content (AvgIpc) is 2.29. The number of nitrogens with one attached hydrogen (secondary N) is 1. The van der Waals surface area contributed by atoms with Crippen molar-refractivity contribution >= 4 is 6.03 Å². The quantitative estimate of drug-likeness (QED) is 0.395. The van der Waals surface area contributed by atoms with Gasteiger partial charge in [0.1, 0.15) is 12.3 Å². The Hall–Kier alpha value is -0.850. The standard InChI is InChI=1S/C6H12N2O4/c7-6(11)8-5-1-3(10)4(2-9)12-5/h3-5,9-10H,1-2H2,(H3,7,8,11)/t3-,4+,5?/m0/s1. The lowest BCUT2D eigenvalue weighted by Gasteiger charge is -2.11. The fourth-order valence-electron chi connectivity index (χ4n) is 1.14. The molecule has 1 fully saturated rings. The molecule has 0 aromatic heterocycles. The highest BCUT2D eigenvalue weighted by Crippen LogP contribution is 2.17. The van der Waals surface area contributed by atoms with Gasteiger partial charge in [0.2, 0.25) is 0 Å². The lowest BCUT2D eigenvalue weighted by Crippen LogP contribution is -2.38. The van der Waals surface area contributed by atoms with Crippen LogP contribution in [0, 0.1) is 0 Å². The van der Waals surface area contributed by atoms with Crippen LogP contribution in [-0.2, 0) is 4.74 Å². The van der Waals surface area contributed by atoms with Crippen molar-refractivity contribution in [1.29, 1.82) is 0 Å². The van der Waals surface area contributed by atoms with Crippen LogP contribution in [0.25, 0.3) is 0 Å². The van der Waals surface area contributed by atoms with Gasteiger partial charge in [-0.15, -0.1) is 0 Å². The number of urea groups is 1. The molecule has 1 heterocycles. The third kappa shape index (κ3) is 2.07. The van der Waals surface area contributed by atoms with Gasteiger partial charge in [-0.2, -0.15) is 0 Å². The maximum absolute atomic E-state index is 10.3. The molecule has 5 N–H and O–H groups in total. The van der Waals surface area contributed by atoms with Crippen molar-refractivity contribution in [3.05, 3.63) is 0 Å². The molecule has 0 radical (unpaired) electrons. The third-order valence-electron chi connectivity index (χ3n) is 1.71. The summed E-state index contributed by atoms with van der Waals surface area (Å²) in [6.45, 7) is -0.266. The Morgan fingerprint density at radius 3 is 2.83 bits per heavy atom. The second-order valence-corrected chi connectivity index (χ2v) is 2.66. The van der Waals surface area contributed by atoms with Gasteiger partial charge >= 0.3 is 6.03 Å². The molecule has 0 bridgehead atoms. The van der Waals surface area contributed by atoms with Gasteiger partial charge in [0, 0.05) is 6.42 Å². The van der Waals surface area contributed by atoms with Gasteiger partial charge < -0.3 is 26.0 Å². The van der Waals surface area contributed by atoms with Crippen LogP contribution in [0.1, 0.15) is 6.42 Å². The van der Waals surface area contributed by atoms with E-state index < -0.39 is 24.5 Å². The fraction of sp³-hybridized carbons (Fsp3) is 0.833. The molecule has 1 aliphatic rings. The number of hydrogen-bond acceptors (Lipinski definition) is 4. The molecule has 6 nitrogen and oxygen atoms in total. The fourth-order valence-corrected chi connectivity index (χ4v) is 1.14. The smallest absolute Gasteiger partial charge is 0.314 e. The van der Waals surface area contributed by atoms with E-state index in [0.717, 1.165) is 0 Å². The SMILES string of the molecule is NC(=O)NC1C[C@H](O)[C@@H](CO)O1. The van der Waals surface area contributed by atoms with E-state index in [1.807, 2.05) is 0 Å². The summed E-state index contributed by atoms with van der Waals surface area (Å²) < 4.78 is 5.02. The normalized spacial score (nSPS) is 35.0. The van der Waals surface area contributed by atoms with Crippen molar-refractivity contribution in [3.8, 4) is 0 Å². The Balaban J connectivity index is 2.37. The van der Waals surface area contributed by atoms with Gasteiger partial charge in [0.15, 0.2) is 0 Å². The average molecular weight is 176 g/mol. The van der Waals surface area contributed by atoms with Crippen molar-refractivity contribution < 1.29 is 19.7 Å². The summed E-state index contributed by atoms with van der Waals surface area (Å²) in [5, 5.41) is 20.1. The van der Waals surface area contributed by atoms with Crippen LogP contribution in [-0.4, -0.2) is 41.3 Å². The first-order valence-electron chi connectivity index (χ1n) is 3.64. The number of hydrogen-bond donors (Lipinski definition) is 4. The van der Waals surface area contributed by atoms with Crippen LogP contribution in [0.3, 0.4) is 0 Å². The molecular weight excluding hydrogens is 164 g/mol. The number of amides is 2. The lowest BCUT2D eigenvalue weighted by atomic mass is 10.2.